The fraction of sp³-hybridized carbons (Fsp3) is 0.571. The van der Waals surface area contributed by atoms with E-state index in [1.165, 1.54) is 5.56 Å². The molecule has 2 rings (SSSR count). The Morgan fingerprint density at radius 1 is 1.31 bits per heavy atom. The van der Waals surface area contributed by atoms with Gasteiger partial charge in [0.05, 0.1) is 0 Å². The first-order valence-corrected chi connectivity index (χ1v) is 6.13. The highest BCUT2D eigenvalue weighted by Crippen LogP contribution is 2.28. The van der Waals surface area contributed by atoms with Crippen molar-refractivity contribution in [3.05, 3.63) is 35.4 Å². The summed E-state index contributed by atoms with van der Waals surface area (Å²) >= 11 is 0. The molecule has 0 amide bonds. The van der Waals surface area contributed by atoms with Gasteiger partial charge >= 0.3 is 0 Å². The van der Waals surface area contributed by atoms with Crippen LogP contribution in [0.25, 0.3) is 0 Å². The molecule has 1 N–H and O–H groups in total. The zero-order valence-electron chi connectivity index (χ0n) is 9.93. The first-order chi connectivity index (χ1) is 7.68. The SMILES string of the molecule is Cc1cccc(CC2(F)CCCNCC2)c1. The summed E-state index contributed by atoms with van der Waals surface area (Å²) in [7, 11) is 0. The van der Waals surface area contributed by atoms with Gasteiger partial charge in [0.1, 0.15) is 5.67 Å². The molecule has 0 aromatic heterocycles. The molecule has 1 saturated heterocycles. The molecular formula is C14H20FN. The lowest BCUT2D eigenvalue weighted by Crippen LogP contribution is -2.27. The number of benzene rings is 1. The van der Waals surface area contributed by atoms with Crippen LogP contribution in [0.4, 0.5) is 4.39 Å². The van der Waals surface area contributed by atoms with Crippen molar-refractivity contribution in [2.24, 2.45) is 0 Å². The van der Waals surface area contributed by atoms with Gasteiger partial charge in [-0.15, -0.1) is 0 Å². The maximum absolute atomic E-state index is 14.6. The van der Waals surface area contributed by atoms with Crippen LogP contribution in [0.1, 0.15) is 30.4 Å². The van der Waals surface area contributed by atoms with E-state index >= 15 is 0 Å². The molecule has 1 heterocycles. The number of nitrogens with one attached hydrogen (secondary N) is 1. The second kappa shape index (κ2) is 4.96. The van der Waals surface area contributed by atoms with Gasteiger partial charge in [0.15, 0.2) is 0 Å². The molecule has 1 nitrogen and oxygen atoms in total. The van der Waals surface area contributed by atoms with Gasteiger partial charge in [0, 0.05) is 6.42 Å². The van der Waals surface area contributed by atoms with Crippen molar-refractivity contribution in [1.82, 2.24) is 5.32 Å². The molecule has 0 aliphatic carbocycles. The largest absolute Gasteiger partial charge is 0.317 e. The van der Waals surface area contributed by atoms with Gasteiger partial charge in [0.2, 0.25) is 0 Å². The average Bonchev–Trinajstić information content (AvgIpc) is 2.43. The Morgan fingerprint density at radius 2 is 2.19 bits per heavy atom. The monoisotopic (exact) mass is 221 g/mol. The lowest BCUT2D eigenvalue weighted by Gasteiger charge is -2.23. The first kappa shape index (κ1) is 11.6. The lowest BCUT2D eigenvalue weighted by atomic mass is 9.89. The Hall–Kier alpha value is -0.890. The van der Waals surface area contributed by atoms with Crippen LogP contribution in [-0.2, 0) is 6.42 Å². The number of hydrogen-bond acceptors (Lipinski definition) is 1. The Kier molecular flexibility index (Phi) is 3.59. The smallest absolute Gasteiger partial charge is 0.116 e. The second-order valence-electron chi connectivity index (χ2n) is 4.92. The second-order valence-corrected chi connectivity index (χ2v) is 4.92. The molecule has 2 heteroatoms. The molecule has 1 aromatic rings. The summed E-state index contributed by atoms with van der Waals surface area (Å²) in [4.78, 5) is 0. The van der Waals surface area contributed by atoms with E-state index in [-0.39, 0.29) is 0 Å². The third-order valence-electron chi connectivity index (χ3n) is 3.33. The standard InChI is InChI=1S/C14H20FN/c1-12-4-2-5-13(10-12)11-14(15)6-3-8-16-9-7-14/h2,4-5,10,16H,3,6-9,11H2,1H3. The maximum Gasteiger partial charge on any atom is 0.116 e. The number of halogens is 1. The van der Waals surface area contributed by atoms with Crippen molar-refractivity contribution < 1.29 is 4.39 Å². The van der Waals surface area contributed by atoms with E-state index in [0.717, 1.165) is 25.1 Å². The average molecular weight is 221 g/mol. The Bertz CT molecular complexity index is 340. The lowest BCUT2D eigenvalue weighted by molar-refractivity contribution is 0.144. The first-order valence-electron chi connectivity index (χ1n) is 6.13. The molecule has 0 bridgehead atoms. The number of alkyl halides is 1. The minimum absolute atomic E-state index is 0.566. The van der Waals surface area contributed by atoms with Crippen molar-refractivity contribution in [3.8, 4) is 0 Å². The molecule has 1 aromatic carbocycles. The van der Waals surface area contributed by atoms with Crippen molar-refractivity contribution in [2.45, 2.75) is 38.3 Å². The van der Waals surface area contributed by atoms with Crippen LogP contribution < -0.4 is 5.32 Å². The van der Waals surface area contributed by atoms with Crippen LogP contribution >= 0.6 is 0 Å². The summed E-state index contributed by atoms with van der Waals surface area (Å²) in [6.45, 7) is 3.82. The minimum atomic E-state index is -1.00. The number of hydrogen-bond donors (Lipinski definition) is 1. The maximum atomic E-state index is 14.6. The quantitative estimate of drug-likeness (QED) is 0.809. The van der Waals surface area contributed by atoms with E-state index in [2.05, 4.69) is 24.4 Å². The summed E-state index contributed by atoms with van der Waals surface area (Å²) in [6.07, 6.45) is 2.84. The molecule has 0 radical (unpaired) electrons. The van der Waals surface area contributed by atoms with Crippen LogP contribution in [0.15, 0.2) is 24.3 Å². The molecule has 1 fully saturated rings. The van der Waals surface area contributed by atoms with Crippen LogP contribution in [-0.4, -0.2) is 18.8 Å². The van der Waals surface area contributed by atoms with E-state index in [1.807, 2.05) is 12.1 Å². The molecule has 1 aliphatic heterocycles. The summed E-state index contributed by atoms with van der Waals surface area (Å²) < 4.78 is 14.6. The number of rotatable bonds is 2. The topological polar surface area (TPSA) is 12.0 Å². The van der Waals surface area contributed by atoms with E-state index in [4.69, 9.17) is 0 Å². The molecular weight excluding hydrogens is 201 g/mol. The van der Waals surface area contributed by atoms with Crippen molar-refractivity contribution in [1.29, 1.82) is 0 Å². The van der Waals surface area contributed by atoms with Gasteiger partial charge in [-0.2, -0.15) is 0 Å². The summed E-state index contributed by atoms with van der Waals surface area (Å²) in [5.74, 6) is 0. The molecule has 0 spiro atoms. The van der Waals surface area contributed by atoms with Crippen molar-refractivity contribution >= 4 is 0 Å². The molecule has 1 aliphatic rings. The van der Waals surface area contributed by atoms with Gasteiger partial charge in [-0.3, -0.25) is 0 Å². The molecule has 1 unspecified atom stereocenters. The van der Waals surface area contributed by atoms with Crippen LogP contribution in [0, 0.1) is 6.92 Å². The zero-order valence-corrected chi connectivity index (χ0v) is 9.93. The van der Waals surface area contributed by atoms with Crippen LogP contribution in [0.5, 0.6) is 0 Å². The van der Waals surface area contributed by atoms with E-state index in [0.29, 0.717) is 19.3 Å². The summed E-state index contributed by atoms with van der Waals surface area (Å²) in [5.41, 5.74) is 1.34. The number of aryl methyl sites for hydroxylation is 1. The Morgan fingerprint density at radius 3 is 3.00 bits per heavy atom. The van der Waals surface area contributed by atoms with Gasteiger partial charge < -0.3 is 5.32 Å². The van der Waals surface area contributed by atoms with Crippen molar-refractivity contribution in [3.63, 3.8) is 0 Å². The highest BCUT2D eigenvalue weighted by Gasteiger charge is 2.30. The van der Waals surface area contributed by atoms with Gasteiger partial charge in [-0.1, -0.05) is 29.8 Å². The fourth-order valence-corrected chi connectivity index (χ4v) is 2.46. The van der Waals surface area contributed by atoms with E-state index < -0.39 is 5.67 Å². The molecule has 1 atom stereocenters. The highest BCUT2D eigenvalue weighted by molar-refractivity contribution is 5.23. The molecule has 16 heavy (non-hydrogen) atoms. The van der Waals surface area contributed by atoms with Gasteiger partial charge in [-0.05, 0) is 44.8 Å². The highest BCUT2D eigenvalue weighted by atomic mass is 19.1. The van der Waals surface area contributed by atoms with Crippen LogP contribution in [0.2, 0.25) is 0 Å². The molecule has 0 saturated carbocycles. The minimum Gasteiger partial charge on any atom is -0.317 e. The Balaban J connectivity index is 2.06. The summed E-state index contributed by atoms with van der Waals surface area (Å²) in [6, 6.07) is 8.21. The fourth-order valence-electron chi connectivity index (χ4n) is 2.46. The third kappa shape index (κ3) is 3.05. The predicted molar refractivity (Wildman–Crippen MR) is 65.4 cm³/mol. The normalized spacial score (nSPS) is 26.4. The predicted octanol–water partition coefficient (Wildman–Crippen LogP) is 3.02. The molecule has 88 valence electrons. The van der Waals surface area contributed by atoms with Gasteiger partial charge in [-0.25, -0.2) is 4.39 Å². The zero-order chi connectivity index (χ0) is 11.4. The third-order valence-corrected chi connectivity index (χ3v) is 3.33. The van der Waals surface area contributed by atoms with Crippen molar-refractivity contribution in [2.75, 3.05) is 13.1 Å². The Labute approximate surface area is 97.1 Å². The van der Waals surface area contributed by atoms with Gasteiger partial charge in [0.25, 0.3) is 0 Å². The van der Waals surface area contributed by atoms with E-state index in [1.54, 1.807) is 0 Å². The van der Waals surface area contributed by atoms with Crippen LogP contribution in [0.3, 0.4) is 0 Å². The summed E-state index contributed by atoms with van der Waals surface area (Å²) in [5, 5.41) is 3.26. The van der Waals surface area contributed by atoms with E-state index in [9.17, 15) is 4.39 Å².